The molecule has 2 aromatic carbocycles. The lowest BCUT2D eigenvalue weighted by atomic mass is 9.55. The highest BCUT2D eigenvalue weighted by Crippen LogP contribution is 2.51. The summed E-state index contributed by atoms with van der Waals surface area (Å²) in [7, 11) is 1.92. The van der Waals surface area contributed by atoms with E-state index in [1.54, 1.807) is 0 Å². The monoisotopic (exact) mass is 525 g/mol. The zero-order valence-corrected chi connectivity index (χ0v) is 22.7. The fourth-order valence-corrected chi connectivity index (χ4v) is 6.79. The van der Waals surface area contributed by atoms with Gasteiger partial charge in [-0.3, -0.25) is 10.3 Å². The van der Waals surface area contributed by atoms with Gasteiger partial charge in [-0.05, 0) is 80.3 Å². The third-order valence-electron chi connectivity index (χ3n) is 8.85. The van der Waals surface area contributed by atoms with Gasteiger partial charge in [-0.1, -0.05) is 32.0 Å². The minimum atomic E-state index is -4.49. The van der Waals surface area contributed by atoms with E-state index < -0.39 is 11.7 Å². The Bertz CT molecular complexity index is 1310. The van der Waals surface area contributed by atoms with Crippen molar-refractivity contribution in [3.63, 3.8) is 0 Å². The average molecular weight is 526 g/mol. The largest absolute Gasteiger partial charge is 0.418 e. The highest BCUT2D eigenvalue weighted by Gasteiger charge is 2.48. The lowest BCUT2D eigenvalue weighted by Crippen LogP contribution is -2.54. The predicted octanol–water partition coefficient (Wildman–Crippen LogP) is 7.08. The highest BCUT2D eigenvalue weighted by molar-refractivity contribution is 5.84. The Morgan fingerprint density at radius 2 is 1.97 bits per heavy atom. The molecular formula is C30H38F3N5. The van der Waals surface area contributed by atoms with Gasteiger partial charge in [-0.15, -0.1) is 0 Å². The molecule has 1 aliphatic heterocycles. The van der Waals surface area contributed by atoms with Crippen LogP contribution < -0.4 is 0 Å². The van der Waals surface area contributed by atoms with Crippen molar-refractivity contribution >= 4 is 17.4 Å². The van der Waals surface area contributed by atoms with Crippen LogP contribution in [0.25, 0.3) is 22.4 Å². The van der Waals surface area contributed by atoms with Crippen molar-refractivity contribution in [1.29, 1.82) is 5.41 Å². The van der Waals surface area contributed by atoms with E-state index in [9.17, 15) is 13.2 Å². The van der Waals surface area contributed by atoms with Crippen molar-refractivity contribution in [3.05, 3.63) is 53.1 Å². The molecule has 2 fully saturated rings. The molecular weight excluding hydrogens is 487 g/mol. The normalized spacial score (nSPS) is 25.2. The summed E-state index contributed by atoms with van der Waals surface area (Å²) in [6.07, 6.45) is 1.13. The molecule has 0 radical (unpaired) electrons. The molecule has 1 unspecified atom stereocenters. The predicted molar refractivity (Wildman–Crippen MR) is 146 cm³/mol. The molecule has 1 saturated heterocycles. The number of likely N-dealkylation sites (tertiary alicyclic amines) is 1. The molecule has 2 N–H and O–H groups in total. The van der Waals surface area contributed by atoms with Gasteiger partial charge in [0.1, 0.15) is 11.3 Å². The van der Waals surface area contributed by atoms with E-state index >= 15 is 0 Å². The number of hydrogen-bond acceptors (Lipinski definition) is 3. The number of H-pyrrole nitrogens is 1. The van der Waals surface area contributed by atoms with E-state index in [1.807, 2.05) is 30.1 Å². The Hall–Kier alpha value is -2.87. The highest BCUT2D eigenvalue weighted by atomic mass is 19.4. The number of hydrogen-bond donors (Lipinski definition) is 2. The van der Waals surface area contributed by atoms with Crippen LogP contribution in [-0.2, 0) is 18.1 Å². The summed E-state index contributed by atoms with van der Waals surface area (Å²) in [5.41, 5.74) is 2.19. The zero-order chi connectivity index (χ0) is 27.2. The molecule has 0 amide bonds. The molecule has 1 aliphatic carbocycles. The molecule has 1 saturated carbocycles. The fourth-order valence-electron chi connectivity index (χ4n) is 6.79. The van der Waals surface area contributed by atoms with E-state index in [-0.39, 0.29) is 17.0 Å². The smallest absolute Gasteiger partial charge is 0.363 e. The molecule has 204 valence electrons. The van der Waals surface area contributed by atoms with Crippen molar-refractivity contribution in [2.75, 3.05) is 20.1 Å². The van der Waals surface area contributed by atoms with Crippen molar-refractivity contribution in [2.24, 2.45) is 11.8 Å². The van der Waals surface area contributed by atoms with Crippen LogP contribution in [0.3, 0.4) is 0 Å². The van der Waals surface area contributed by atoms with E-state index in [0.717, 1.165) is 43.5 Å². The number of nitrogens with one attached hydrogen (secondary N) is 2. The number of piperidine rings is 1. The maximum atomic E-state index is 14.2. The van der Waals surface area contributed by atoms with Crippen LogP contribution >= 0.6 is 0 Å². The number of aromatic nitrogens is 2. The summed E-state index contributed by atoms with van der Waals surface area (Å²) in [6, 6.07) is 11.3. The maximum Gasteiger partial charge on any atom is 0.418 e. The number of aromatic amines is 1. The molecule has 3 aromatic rings. The molecule has 5 nitrogen and oxygen atoms in total. The molecule has 2 heterocycles. The van der Waals surface area contributed by atoms with Crippen molar-refractivity contribution in [3.8, 4) is 11.4 Å². The lowest BCUT2D eigenvalue weighted by molar-refractivity contribution is -0.136. The van der Waals surface area contributed by atoms with Crippen molar-refractivity contribution < 1.29 is 13.2 Å². The van der Waals surface area contributed by atoms with E-state index in [0.29, 0.717) is 35.3 Å². The Labute approximate surface area is 222 Å². The second-order valence-electron chi connectivity index (χ2n) is 11.8. The summed E-state index contributed by atoms with van der Waals surface area (Å²) < 4.78 is 42.5. The summed E-state index contributed by atoms with van der Waals surface area (Å²) >= 11 is 0. The minimum absolute atomic E-state index is 0.0300. The molecule has 2 aliphatic rings. The maximum absolute atomic E-state index is 14.2. The second-order valence-corrected chi connectivity index (χ2v) is 11.8. The third-order valence-corrected chi connectivity index (χ3v) is 8.85. The van der Waals surface area contributed by atoms with Crippen LogP contribution in [0.15, 0.2) is 36.4 Å². The Morgan fingerprint density at radius 1 is 1.21 bits per heavy atom. The molecule has 0 bridgehead atoms. The van der Waals surface area contributed by atoms with Crippen LogP contribution in [-0.4, -0.2) is 52.3 Å². The van der Waals surface area contributed by atoms with Crippen LogP contribution in [0.1, 0.15) is 63.1 Å². The van der Waals surface area contributed by atoms with Gasteiger partial charge in [-0.25, -0.2) is 4.98 Å². The standard InChI is InChI=1S/C30H38F3N5/c1-19-7-6-10-38(16-19)17-22-11-25(30(31,32)33)27-26(12-22)35-28(36-27)23-8-5-9-24(13-23)29(14-20(2)15-29)21(3)37(4)18-34/h5,8-9,11-13,18-21,34H,6-7,10,14-17H2,1-4H3,(H,35,36)/t19-,20?,21?,29?/m0/s1. The Kier molecular flexibility index (Phi) is 7.05. The summed E-state index contributed by atoms with van der Waals surface area (Å²) in [5, 5.41) is 7.74. The number of nitrogens with zero attached hydrogens (tertiary/aromatic N) is 3. The van der Waals surface area contributed by atoms with Crippen molar-refractivity contribution in [2.45, 2.75) is 70.6 Å². The number of benzene rings is 2. The lowest BCUT2D eigenvalue weighted by Gasteiger charge is -2.53. The van der Waals surface area contributed by atoms with Gasteiger partial charge < -0.3 is 9.88 Å². The Morgan fingerprint density at radius 3 is 2.63 bits per heavy atom. The summed E-state index contributed by atoms with van der Waals surface area (Å²) in [4.78, 5) is 11.9. The first-order valence-corrected chi connectivity index (χ1v) is 13.7. The molecule has 1 aromatic heterocycles. The SMILES string of the molecule is CC1CC(c2cccc(-c3nc4c(C(F)(F)F)cc(CN5CCC[C@H](C)C5)cc4[nH]3)c2)(C(C)N(C)C=N)C1. The number of imidazole rings is 1. The Balaban J connectivity index is 1.53. The molecule has 2 atom stereocenters. The molecule has 8 heteroatoms. The number of likely N-dealkylation sites (N-methyl/N-ethyl adjacent to an activating group) is 1. The number of fused-ring (bicyclic) bond motifs is 1. The third kappa shape index (κ3) is 4.95. The van der Waals surface area contributed by atoms with Crippen LogP contribution in [0.2, 0.25) is 0 Å². The quantitative estimate of drug-likeness (QED) is 0.256. The van der Waals surface area contributed by atoms with Crippen LogP contribution in [0.4, 0.5) is 13.2 Å². The number of halogens is 3. The minimum Gasteiger partial charge on any atom is -0.363 e. The second kappa shape index (κ2) is 10.0. The van der Waals surface area contributed by atoms with Gasteiger partial charge in [0, 0.05) is 37.2 Å². The van der Waals surface area contributed by atoms with E-state index in [1.165, 1.54) is 18.8 Å². The van der Waals surface area contributed by atoms with Crippen LogP contribution in [0.5, 0.6) is 0 Å². The number of rotatable bonds is 7. The van der Waals surface area contributed by atoms with Gasteiger partial charge in [0.15, 0.2) is 0 Å². The van der Waals surface area contributed by atoms with Crippen molar-refractivity contribution in [1.82, 2.24) is 19.8 Å². The first kappa shape index (κ1) is 26.7. The first-order valence-electron chi connectivity index (χ1n) is 13.7. The summed E-state index contributed by atoms with van der Waals surface area (Å²) in [6.45, 7) is 8.91. The fraction of sp³-hybridized carbons (Fsp3) is 0.533. The van der Waals surface area contributed by atoms with Gasteiger partial charge in [0.25, 0.3) is 0 Å². The number of alkyl halides is 3. The first-order chi connectivity index (χ1) is 18.0. The van der Waals surface area contributed by atoms with E-state index in [2.05, 4.69) is 47.8 Å². The van der Waals surface area contributed by atoms with Gasteiger partial charge in [0.05, 0.1) is 17.4 Å². The van der Waals surface area contributed by atoms with Gasteiger partial charge in [0.2, 0.25) is 0 Å². The van der Waals surface area contributed by atoms with E-state index in [4.69, 9.17) is 5.41 Å². The topological polar surface area (TPSA) is 59.0 Å². The van der Waals surface area contributed by atoms with Crippen LogP contribution in [0, 0.1) is 17.2 Å². The molecule has 0 spiro atoms. The zero-order valence-electron chi connectivity index (χ0n) is 22.7. The summed E-state index contributed by atoms with van der Waals surface area (Å²) in [5.74, 6) is 1.60. The van der Waals surface area contributed by atoms with Gasteiger partial charge in [-0.2, -0.15) is 13.2 Å². The molecule has 38 heavy (non-hydrogen) atoms. The molecule has 5 rings (SSSR count). The van der Waals surface area contributed by atoms with Gasteiger partial charge >= 0.3 is 6.18 Å². The average Bonchev–Trinajstić information content (AvgIpc) is 3.29.